The molecular formula is C24H22Cl2N2O3S. The maximum atomic E-state index is 13.2. The zero-order chi connectivity index (χ0) is 22.9. The smallest absolute Gasteiger partial charge is 0.265 e. The summed E-state index contributed by atoms with van der Waals surface area (Å²) in [4.78, 5) is 12.9. The summed E-state index contributed by atoms with van der Waals surface area (Å²) < 4.78 is 27.6. The lowest BCUT2D eigenvalue weighted by molar-refractivity contribution is 0.0932. The Morgan fingerprint density at radius 2 is 1.75 bits per heavy atom. The van der Waals surface area contributed by atoms with Crippen molar-refractivity contribution in [3.05, 3.63) is 93.5 Å². The number of halogens is 2. The van der Waals surface area contributed by atoms with E-state index in [0.29, 0.717) is 10.7 Å². The van der Waals surface area contributed by atoms with Crippen LogP contribution >= 0.6 is 23.2 Å². The summed E-state index contributed by atoms with van der Waals surface area (Å²) in [7, 11) is -2.56. The van der Waals surface area contributed by atoms with Gasteiger partial charge in [0, 0.05) is 17.6 Å². The van der Waals surface area contributed by atoms with Crippen molar-refractivity contribution >= 4 is 44.8 Å². The van der Waals surface area contributed by atoms with E-state index < -0.39 is 10.0 Å². The number of benzene rings is 3. The van der Waals surface area contributed by atoms with E-state index in [1.165, 1.54) is 30.8 Å². The van der Waals surface area contributed by atoms with E-state index in [2.05, 4.69) is 11.4 Å². The molecule has 0 bridgehead atoms. The second-order valence-corrected chi connectivity index (χ2v) is 10.5. The first-order valence-corrected chi connectivity index (χ1v) is 12.4. The molecule has 1 amide bonds. The van der Waals surface area contributed by atoms with Crippen LogP contribution in [0.25, 0.3) is 0 Å². The Bertz CT molecular complexity index is 1260. The van der Waals surface area contributed by atoms with Crippen molar-refractivity contribution in [2.45, 2.75) is 30.2 Å². The van der Waals surface area contributed by atoms with Crippen LogP contribution in [0.1, 0.15) is 40.4 Å². The van der Waals surface area contributed by atoms with Crippen molar-refractivity contribution in [2.24, 2.45) is 0 Å². The number of sulfonamides is 1. The zero-order valence-electron chi connectivity index (χ0n) is 17.4. The largest absolute Gasteiger partial charge is 0.345 e. The second-order valence-electron chi connectivity index (χ2n) is 7.71. The number of amides is 1. The maximum absolute atomic E-state index is 13.2. The van der Waals surface area contributed by atoms with Crippen LogP contribution in [0.15, 0.2) is 71.6 Å². The van der Waals surface area contributed by atoms with Gasteiger partial charge in [0.2, 0.25) is 0 Å². The number of hydrogen-bond acceptors (Lipinski definition) is 3. The van der Waals surface area contributed by atoms with E-state index in [-0.39, 0.29) is 27.4 Å². The van der Waals surface area contributed by atoms with E-state index in [4.69, 9.17) is 23.2 Å². The molecule has 1 N–H and O–H groups in total. The lowest BCUT2D eigenvalue weighted by atomic mass is 9.87. The molecule has 4 rings (SSSR count). The molecule has 1 aliphatic rings. The molecule has 1 aliphatic carbocycles. The van der Waals surface area contributed by atoms with Crippen molar-refractivity contribution < 1.29 is 13.2 Å². The lowest BCUT2D eigenvalue weighted by Gasteiger charge is -2.26. The fraction of sp³-hybridized carbons (Fsp3) is 0.208. The fourth-order valence-electron chi connectivity index (χ4n) is 3.93. The SMILES string of the molecule is CN(c1ccc(Cl)cc1)S(=O)(=O)c1cc(C(=O)N[C@@H]2CCCc3ccccc32)ccc1Cl. The quantitative estimate of drug-likeness (QED) is 0.506. The van der Waals surface area contributed by atoms with E-state index in [1.807, 2.05) is 18.2 Å². The normalized spacial score (nSPS) is 15.7. The Labute approximate surface area is 198 Å². The highest BCUT2D eigenvalue weighted by molar-refractivity contribution is 7.93. The zero-order valence-corrected chi connectivity index (χ0v) is 19.7. The van der Waals surface area contributed by atoms with Crippen molar-refractivity contribution in [1.29, 1.82) is 0 Å². The highest BCUT2D eigenvalue weighted by Crippen LogP contribution is 2.31. The van der Waals surface area contributed by atoms with Gasteiger partial charge >= 0.3 is 0 Å². The third kappa shape index (κ3) is 4.49. The predicted octanol–water partition coefficient (Wildman–Crippen LogP) is 5.63. The van der Waals surface area contributed by atoms with Crippen molar-refractivity contribution in [3.63, 3.8) is 0 Å². The summed E-state index contributed by atoms with van der Waals surface area (Å²) >= 11 is 12.1. The molecule has 0 saturated heterocycles. The van der Waals surface area contributed by atoms with Crippen molar-refractivity contribution in [2.75, 3.05) is 11.4 Å². The van der Waals surface area contributed by atoms with Gasteiger partial charge in [-0.25, -0.2) is 8.42 Å². The topological polar surface area (TPSA) is 66.5 Å². The molecule has 0 heterocycles. The molecule has 166 valence electrons. The minimum Gasteiger partial charge on any atom is -0.345 e. The van der Waals surface area contributed by atoms with Gasteiger partial charge < -0.3 is 5.32 Å². The lowest BCUT2D eigenvalue weighted by Crippen LogP contribution is -2.31. The van der Waals surface area contributed by atoms with Gasteiger partial charge in [0.25, 0.3) is 15.9 Å². The summed E-state index contributed by atoms with van der Waals surface area (Å²) in [5, 5.41) is 3.60. The maximum Gasteiger partial charge on any atom is 0.265 e. The number of nitrogens with zero attached hydrogens (tertiary/aromatic N) is 1. The Morgan fingerprint density at radius 3 is 2.50 bits per heavy atom. The van der Waals surface area contributed by atoms with Gasteiger partial charge in [0.1, 0.15) is 4.90 Å². The number of nitrogens with one attached hydrogen (secondary N) is 1. The van der Waals surface area contributed by atoms with Gasteiger partial charge in [-0.15, -0.1) is 0 Å². The molecule has 0 aliphatic heterocycles. The van der Waals surface area contributed by atoms with Gasteiger partial charge in [0.15, 0.2) is 0 Å². The first-order chi connectivity index (χ1) is 15.3. The molecule has 5 nitrogen and oxygen atoms in total. The molecule has 32 heavy (non-hydrogen) atoms. The van der Waals surface area contributed by atoms with Crippen LogP contribution in [0.5, 0.6) is 0 Å². The monoisotopic (exact) mass is 488 g/mol. The first kappa shape index (κ1) is 22.6. The van der Waals surface area contributed by atoms with Crippen molar-refractivity contribution in [1.82, 2.24) is 5.32 Å². The minimum atomic E-state index is -4.00. The van der Waals surface area contributed by atoms with Crippen LogP contribution < -0.4 is 9.62 Å². The molecule has 0 radical (unpaired) electrons. The highest BCUT2D eigenvalue weighted by atomic mass is 35.5. The number of rotatable bonds is 5. The number of hydrogen-bond donors (Lipinski definition) is 1. The molecule has 8 heteroatoms. The third-order valence-corrected chi connectivity index (χ3v) is 8.22. The molecule has 0 unspecified atom stereocenters. The van der Waals surface area contributed by atoms with Gasteiger partial charge in [-0.1, -0.05) is 47.5 Å². The van der Waals surface area contributed by atoms with Crippen molar-refractivity contribution in [3.8, 4) is 0 Å². The highest BCUT2D eigenvalue weighted by Gasteiger charge is 2.27. The predicted molar refractivity (Wildman–Crippen MR) is 128 cm³/mol. The van der Waals surface area contributed by atoms with Crippen LogP contribution in [0, 0.1) is 0 Å². The number of carbonyl (C=O) groups excluding carboxylic acids is 1. The van der Waals surface area contributed by atoms with Crippen LogP contribution in [0.4, 0.5) is 5.69 Å². The van der Waals surface area contributed by atoms with Gasteiger partial charge in [-0.2, -0.15) is 0 Å². The Morgan fingerprint density at radius 1 is 1.03 bits per heavy atom. The number of fused-ring (bicyclic) bond motifs is 1. The number of carbonyl (C=O) groups is 1. The van der Waals surface area contributed by atoms with E-state index >= 15 is 0 Å². The van der Waals surface area contributed by atoms with Crippen LogP contribution in [0.3, 0.4) is 0 Å². The number of aryl methyl sites for hydroxylation is 1. The summed E-state index contributed by atoms with van der Waals surface area (Å²) in [5.74, 6) is -0.339. The van der Waals surface area contributed by atoms with E-state index in [0.717, 1.165) is 29.1 Å². The summed E-state index contributed by atoms with van der Waals surface area (Å²) in [6.07, 6.45) is 2.80. The summed E-state index contributed by atoms with van der Waals surface area (Å²) in [6.45, 7) is 0. The van der Waals surface area contributed by atoms with Crippen LogP contribution in [-0.4, -0.2) is 21.4 Å². The van der Waals surface area contributed by atoms with Gasteiger partial charge in [-0.05, 0) is 72.9 Å². The standard InChI is InChI=1S/C24H22Cl2N2O3S/c1-28(19-12-10-18(25)11-13-19)32(30,31)23-15-17(9-14-21(23)26)24(29)27-22-8-4-6-16-5-2-3-7-20(16)22/h2-3,5,7,9-15,22H,4,6,8H2,1H3,(H,27,29)/t22-/m1/s1. The van der Waals surface area contributed by atoms with Crippen LogP contribution in [-0.2, 0) is 16.4 Å². The molecular weight excluding hydrogens is 467 g/mol. The Kier molecular flexibility index (Phi) is 6.47. The van der Waals surface area contributed by atoms with Gasteiger partial charge in [0.05, 0.1) is 16.8 Å². The molecule has 1 atom stereocenters. The second kappa shape index (κ2) is 9.14. The molecule has 0 saturated carbocycles. The molecule has 0 spiro atoms. The molecule has 3 aromatic carbocycles. The Balaban J connectivity index is 1.61. The van der Waals surface area contributed by atoms with E-state index in [9.17, 15) is 13.2 Å². The average molecular weight is 489 g/mol. The fourth-order valence-corrected chi connectivity index (χ4v) is 5.75. The number of anilines is 1. The van der Waals surface area contributed by atoms with Gasteiger partial charge in [-0.3, -0.25) is 9.10 Å². The molecule has 3 aromatic rings. The molecule has 0 aromatic heterocycles. The summed E-state index contributed by atoms with van der Waals surface area (Å²) in [6, 6.07) is 18.7. The average Bonchev–Trinajstić information content (AvgIpc) is 2.79. The third-order valence-electron chi connectivity index (χ3n) is 5.70. The molecule has 0 fully saturated rings. The van der Waals surface area contributed by atoms with E-state index in [1.54, 1.807) is 24.3 Å². The Hall–Kier alpha value is -2.54. The first-order valence-electron chi connectivity index (χ1n) is 10.2. The summed E-state index contributed by atoms with van der Waals surface area (Å²) in [5.41, 5.74) is 3.00. The minimum absolute atomic E-state index is 0.0466. The van der Waals surface area contributed by atoms with Crippen LogP contribution in [0.2, 0.25) is 10.0 Å².